The molecule has 2 aliphatic carbocycles. The van der Waals surface area contributed by atoms with Crippen LogP contribution in [-0.4, -0.2) is 44.9 Å². The Morgan fingerprint density at radius 1 is 1.16 bits per heavy atom. The van der Waals surface area contributed by atoms with Crippen molar-refractivity contribution in [2.45, 2.75) is 59.7 Å². The maximum absolute atomic E-state index is 14.2. The Balaban J connectivity index is 1.73. The van der Waals surface area contributed by atoms with Crippen LogP contribution in [0.5, 0.6) is 0 Å². The third-order valence-corrected chi connectivity index (χ3v) is 7.82. The molecule has 2 aromatic rings. The largest absolute Gasteiger partial charge is 0.446 e. The minimum Gasteiger partial charge on any atom is -0.351 e. The summed E-state index contributed by atoms with van der Waals surface area (Å²) in [6, 6.07) is 3.76. The van der Waals surface area contributed by atoms with Crippen molar-refractivity contribution in [3.63, 3.8) is 0 Å². The first-order chi connectivity index (χ1) is 17.2. The van der Waals surface area contributed by atoms with Gasteiger partial charge in [-0.15, -0.1) is 0 Å². The normalized spacial score (nSPS) is 24.8. The first-order valence-corrected chi connectivity index (χ1v) is 12.4. The van der Waals surface area contributed by atoms with Gasteiger partial charge in [0.25, 0.3) is 23.4 Å². The number of thioether (sulfide) groups is 1. The molecule has 2 aliphatic rings. The molecule has 1 N–H and O–H groups in total. The quantitative estimate of drug-likeness (QED) is 0.275. The van der Waals surface area contributed by atoms with Crippen molar-refractivity contribution < 1.29 is 35.9 Å². The second-order valence-electron chi connectivity index (χ2n) is 9.19. The molecule has 1 aromatic carbocycles. The van der Waals surface area contributed by atoms with E-state index in [1.165, 1.54) is 19.3 Å². The summed E-state index contributed by atoms with van der Waals surface area (Å²) in [6.45, 7) is 1.28. The number of alkyl halides is 7. The van der Waals surface area contributed by atoms with Gasteiger partial charge in [-0.25, -0.2) is 23.1 Å². The molecule has 2 amide bonds. The first-order valence-electron chi connectivity index (χ1n) is 11.1. The molecular weight excluding hydrogens is 546 g/mol. The van der Waals surface area contributed by atoms with E-state index in [0.717, 1.165) is 35.5 Å². The highest BCUT2D eigenvalue weighted by atomic mass is 35.5. The van der Waals surface area contributed by atoms with Crippen LogP contribution in [-0.2, 0) is 15.1 Å². The molecule has 6 nitrogen and oxygen atoms in total. The average molecular weight is 567 g/mol. The Hall–Kier alpha value is -2.54. The molecular formula is C23H21ClF6N4O2S. The second-order valence-corrected chi connectivity index (χ2v) is 10.7. The standard InChI is InChI=1S/C23H21ClF6N4O2S/c1-21(14-9-31-11-32-10-14,20(36)33-17-7-13-6-12(17)8-22(13,26)27)34(19(35)18(24)25)15-2-4-16(5-3-15)37-23(28,29)30/h2-5,9-13,17-18H,6-8H2,1H3,(H,33,36)/t12?,13?,17-,18-,21+/m0/s1. The van der Waals surface area contributed by atoms with Crippen molar-refractivity contribution in [3.8, 4) is 0 Å². The number of rotatable bonds is 7. The molecule has 200 valence electrons. The van der Waals surface area contributed by atoms with Gasteiger partial charge in [-0.05, 0) is 61.7 Å². The van der Waals surface area contributed by atoms with Crippen LogP contribution in [0, 0.1) is 11.8 Å². The Morgan fingerprint density at radius 3 is 2.27 bits per heavy atom. The number of carbonyl (C=O) groups is 2. The number of fused-ring (bicyclic) bond motifs is 2. The topological polar surface area (TPSA) is 75.2 Å². The predicted molar refractivity (Wildman–Crippen MR) is 124 cm³/mol. The second kappa shape index (κ2) is 9.97. The molecule has 1 heterocycles. The van der Waals surface area contributed by atoms with E-state index in [9.17, 15) is 35.9 Å². The molecule has 4 rings (SSSR count). The minimum absolute atomic E-state index is 0.0311. The van der Waals surface area contributed by atoms with E-state index >= 15 is 0 Å². The lowest BCUT2D eigenvalue weighted by molar-refractivity contribution is -0.132. The summed E-state index contributed by atoms with van der Waals surface area (Å²) < 4.78 is 80.6. The number of amides is 2. The zero-order chi connectivity index (χ0) is 27.2. The van der Waals surface area contributed by atoms with E-state index in [0.29, 0.717) is 0 Å². The highest BCUT2D eigenvalue weighted by Gasteiger charge is 2.58. The Bertz CT molecular complexity index is 1150. The van der Waals surface area contributed by atoms with Crippen molar-refractivity contribution in [1.29, 1.82) is 0 Å². The van der Waals surface area contributed by atoms with Gasteiger partial charge in [0.15, 0.2) is 5.54 Å². The van der Waals surface area contributed by atoms with E-state index in [2.05, 4.69) is 15.3 Å². The zero-order valence-electron chi connectivity index (χ0n) is 19.2. The molecule has 2 bridgehead atoms. The number of benzene rings is 1. The van der Waals surface area contributed by atoms with Crippen LogP contribution in [0.2, 0.25) is 0 Å². The number of halogens is 7. The summed E-state index contributed by atoms with van der Waals surface area (Å²) in [4.78, 5) is 35.1. The summed E-state index contributed by atoms with van der Waals surface area (Å²) in [7, 11) is 0. The van der Waals surface area contributed by atoms with Crippen LogP contribution in [0.3, 0.4) is 0 Å². The number of carbonyl (C=O) groups excluding carboxylic acids is 2. The van der Waals surface area contributed by atoms with Crippen LogP contribution in [0.1, 0.15) is 31.7 Å². The monoisotopic (exact) mass is 566 g/mol. The lowest BCUT2D eigenvalue weighted by Gasteiger charge is -2.41. The third-order valence-electron chi connectivity index (χ3n) is 6.89. The van der Waals surface area contributed by atoms with Crippen molar-refractivity contribution in [2.24, 2.45) is 11.8 Å². The van der Waals surface area contributed by atoms with E-state index in [-0.39, 0.29) is 35.4 Å². The third kappa shape index (κ3) is 5.52. The van der Waals surface area contributed by atoms with Gasteiger partial charge in [-0.1, -0.05) is 11.6 Å². The lowest BCUT2D eigenvalue weighted by atomic mass is 9.87. The molecule has 0 spiro atoms. The number of nitrogens with one attached hydrogen (secondary N) is 1. The smallest absolute Gasteiger partial charge is 0.351 e. The van der Waals surface area contributed by atoms with Gasteiger partial charge in [0.1, 0.15) is 6.33 Å². The Morgan fingerprint density at radius 2 is 1.78 bits per heavy atom. The molecule has 2 unspecified atom stereocenters. The van der Waals surface area contributed by atoms with Crippen molar-refractivity contribution >= 4 is 40.9 Å². The van der Waals surface area contributed by atoms with Gasteiger partial charge in [-0.2, -0.15) is 13.2 Å². The summed E-state index contributed by atoms with van der Waals surface area (Å²) in [5, 5.41) is 2.73. The van der Waals surface area contributed by atoms with Gasteiger partial charge in [-0.3, -0.25) is 14.5 Å². The van der Waals surface area contributed by atoms with Crippen LogP contribution < -0.4 is 10.2 Å². The summed E-state index contributed by atoms with van der Waals surface area (Å²) in [5.41, 5.74) is -9.30. The SMILES string of the molecule is C[C@](C(=O)N[C@H]1CC2CC1CC2(F)F)(c1cncnc1)N(C(=O)[C@H](F)Cl)c1ccc(SC(F)(F)F)cc1. The maximum atomic E-state index is 14.2. The first kappa shape index (κ1) is 27.5. The molecule has 37 heavy (non-hydrogen) atoms. The van der Waals surface area contributed by atoms with Crippen LogP contribution in [0.25, 0.3) is 0 Å². The number of aromatic nitrogens is 2. The number of hydrogen-bond donors (Lipinski definition) is 1. The molecule has 0 radical (unpaired) electrons. The zero-order valence-corrected chi connectivity index (χ0v) is 20.8. The maximum Gasteiger partial charge on any atom is 0.446 e. The van der Waals surface area contributed by atoms with E-state index in [1.807, 2.05) is 0 Å². The fourth-order valence-corrected chi connectivity index (χ4v) is 5.75. The highest BCUT2D eigenvalue weighted by molar-refractivity contribution is 8.00. The fourth-order valence-electron chi connectivity index (χ4n) is 5.11. The number of hydrogen-bond acceptors (Lipinski definition) is 5. The highest BCUT2D eigenvalue weighted by Crippen LogP contribution is 2.54. The molecule has 2 saturated carbocycles. The van der Waals surface area contributed by atoms with Gasteiger partial charge >= 0.3 is 5.51 Å². The molecule has 14 heteroatoms. The fraction of sp³-hybridized carbons (Fsp3) is 0.478. The molecule has 0 saturated heterocycles. The molecule has 0 aliphatic heterocycles. The van der Waals surface area contributed by atoms with Crippen molar-refractivity contribution in [3.05, 3.63) is 48.5 Å². The van der Waals surface area contributed by atoms with Gasteiger partial charge in [0, 0.05) is 46.9 Å². The predicted octanol–water partition coefficient (Wildman–Crippen LogP) is 5.42. The molecule has 2 fully saturated rings. The van der Waals surface area contributed by atoms with E-state index < -0.39 is 64.1 Å². The molecule has 5 atom stereocenters. The average Bonchev–Trinajstić information content (AvgIpc) is 3.35. The minimum atomic E-state index is -4.57. The summed E-state index contributed by atoms with van der Waals surface area (Å²) in [6.07, 6.45) is 3.48. The van der Waals surface area contributed by atoms with E-state index in [1.54, 1.807) is 0 Å². The van der Waals surface area contributed by atoms with Gasteiger partial charge in [0.2, 0.25) is 0 Å². The number of nitrogens with zero attached hydrogens (tertiary/aromatic N) is 3. The Labute approximate surface area is 217 Å². The van der Waals surface area contributed by atoms with Crippen LogP contribution >= 0.6 is 23.4 Å². The number of anilines is 1. The Kier molecular flexibility index (Phi) is 7.41. The molecule has 1 aromatic heterocycles. The van der Waals surface area contributed by atoms with Crippen LogP contribution in [0.15, 0.2) is 47.9 Å². The lowest BCUT2D eigenvalue weighted by Crippen LogP contribution is -2.60. The van der Waals surface area contributed by atoms with Crippen molar-refractivity contribution in [2.75, 3.05) is 4.90 Å². The van der Waals surface area contributed by atoms with Gasteiger partial charge in [0.05, 0.1) is 0 Å². The summed E-state index contributed by atoms with van der Waals surface area (Å²) in [5.74, 6) is -6.38. The van der Waals surface area contributed by atoms with Crippen LogP contribution in [0.4, 0.5) is 32.0 Å². The van der Waals surface area contributed by atoms with Crippen molar-refractivity contribution in [1.82, 2.24) is 15.3 Å². The summed E-state index contributed by atoms with van der Waals surface area (Å²) >= 11 is 5.10. The van der Waals surface area contributed by atoms with E-state index in [4.69, 9.17) is 11.6 Å². The van der Waals surface area contributed by atoms with Gasteiger partial charge < -0.3 is 5.32 Å².